The SMILES string of the molecule is CN1CCN(Cc2cc(NC(=O)c3ccc4c(c3)N(Cc3cncnc3)CC4)cc(C(F)(F)F)c2)CC1. The predicted octanol–water partition coefficient (Wildman–Crippen LogP) is 4.06. The Labute approximate surface area is 213 Å². The fourth-order valence-corrected chi connectivity index (χ4v) is 4.87. The molecule has 3 heterocycles. The van der Waals surface area contributed by atoms with Gasteiger partial charge in [0.15, 0.2) is 0 Å². The lowest BCUT2D eigenvalue weighted by atomic mass is 10.1. The second-order valence-corrected chi connectivity index (χ2v) is 9.71. The van der Waals surface area contributed by atoms with Gasteiger partial charge < -0.3 is 15.1 Å². The van der Waals surface area contributed by atoms with Crippen molar-refractivity contribution in [3.05, 3.63) is 82.9 Å². The Hall–Kier alpha value is -3.50. The number of nitrogens with zero attached hydrogens (tertiary/aromatic N) is 5. The third-order valence-electron chi connectivity index (χ3n) is 6.91. The van der Waals surface area contributed by atoms with Gasteiger partial charge in [-0.25, -0.2) is 9.97 Å². The zero-order valence-corrected chi connectivity index (χ0v) is 20.6. The van der Waals surface area contributed by atoms with Crippen LogP contribution in [0.15, 0.2) is 55.1 Å². The summed E-state index contributed by atoms with van der Waals surface area (Å²) in [7, 11) is 2.03. The average Bonchev–Trinajstić information content (AvgIpc) is 3.27. The lowest BCUT2D eigenvalue weighted by Gasteiger charge is -2.32. The second kappa shape index (κ2) is 10.5. The number of anilines is 2. The Kier molecular flexibility index (Phi) is 7.12. The first-order chi connectivity index (χ1) is 17.7. The molecule has 1 aromatic heterocycles. The van der Waals surface area contributed by atoms with Gasteiger partial charge in [0.2, 0.25) is 0 Å². The van der Waals surface area contributed by atoms with Crippen molar-refractivity contribution in [2.24, 2.45) is 0 Å². The molecular weight excluding hydrogens is 481 g/mol. The molecular formula is C27H29F3N6O. The molecule has 5 rings (SSSR count). The van der Waals surface area contributed by atoms with Gasteiger partial charge in [-0.3, -0.25) is 9.69 Å². The lowest BCUT2D eigenvalue weighted by Crippen LogP contribution is -2.43. The molecule has 7 nitrogen and oxygen atoms in total. The second-order valence-electron chi connectivity index (χ2n) is 9.71. The summed E-state index contributed by atoms with van der Waals surface area (Å²) in [4.78, 5) is 27.7. The molecule has 194 valence electrons. The topological polar surface area (TPSA) is 64.6 Å². The van der Waals surface area contributed by atoms with Gasteiger partial charge in [0.1, 0.15) is 6.33 Å². The van der Waals surface area contributed by atoms with E-state index in [0.29, 0.717) is 24.2 Å². The molecule has 2 aliphatic rings. The minimum atomic E-state index is -4.51. The van der Waals surface area contributed by atoms with Crippen molar-refractivity contribution < 1.29 is 18.0 Å². The summed E-state index contributed by atoms with van der Waals surface area (Å²) in [6, 6.07) is 9.26. The van der Waals surface area contributed by atoms with Crippen LogP contribution in [-0.4, -0.2) is 65.4 Å². The normalized spacial score (nSPS) is 16.6. The number of piperazine rings is 1. The molecule has 0 spiro atoms. The Morgan fingerprint density at radius 3 is 2.43 bits per heavy atom. The average molecular weight is 511 g/mol. The molecule has 3 aromatic rings. The van der Waals surface area contributed by atoms with Crippen LogP contribution in [0.2, 0.25) is 0 Å². The van der Waals surface area contributed by atoms with E-state index in [9.17, 15) is 18.0 Å². The minimum absolute atomic E-state index is 0.141. The van der Waals surface area contributed by atoms with Gasteiger partial charge in [0, 0.05) is 80.7 Å². The highest BCUT2D eigenvalue weighted by Gasteiger charge is 2.32. The fourth-order valence-electron chi connectivity index (χ4n) is 4.87. The number of hydrogen-bond acceptors (Lipinski definition) is 6. The highest BCUT2D eigenvalue weighted by molar-refractivity contribution is 6.05. The maximum atomic E-state index is 13.7. The Morgan fingerprint density at radius 1 is 0.946 bits per heavy atom. The third-order valence-corrected chi connectivity index (χ3v) is 6.91. The molecule has 2 aliphatic heterocycles. The number of rotatable bonds is 6. The number of hydrogen-bond donors (Lipinski definition) is 1. The summed E-state index contributed by atoms with van der Waals surface area (Å²) in [5.74, 6) is -0.442. The highest BCUT2D eigenvalue weighted by Crippen LogP contribution is 2.33. The molecule has 37 heavy (non-hydrogen) atoms. The van der Waals surface area contributed by atoms with Gasteiger partial charge in [0.05, 0.1) is 5.56 Å². The van der Waals surface area contributed by atoms with Crippen LogP contribution < -0.4 is 10.2 Å². The smallest absolute Gasteiger partial charge is 0.367 e. The fraction of sp³-hybridized carbons (Fsp3) is 0.370. The number of benzene rings is 2. The van der Waals surface area contributed by atoms with Crippen molar-refractivity contribution in [3.8, 4) is 0 Å². The van der Waals surface area contributed by atoms with E-state index >= 15 is 0 Å². The summed E-state index contributed by atoms with van der Waals surface area (Å²) < 4.78 is 41.0. The van der Waals surface area contributed by atoms with Crippen LogP contribution in [0.3, 0.4) is 0 Å². The first-order valence-corrected chi connectivity index (χ1v) is 12.3. The van der Waals surface area contributed by atoms with Gasteiger partial charge in [-0.1, -0.05) is 6.07 Å². The van der Waals surface area contributed by atoms with Crippen molar-refractivity contribution >= 4 is 17.3 Å². The first-order valence-electron chi connectivity index (χ1n) is 12.3. The van der Waals surface area contributed by atoms with E-state index in [1.807, 2.05) is 13.1 Å². The van der Waals surface area contributed by atoms with E-state index in [1.165, 1.54) is 12.4 Å². The molecule has 0 atom stereocenters. The van der Waals surface area contributed by atoms with E-state index in [0.717, 1.165) is 62.0 Å². The number of aromatic nitrogens is 2. The highest BCUT2D eigenvalue weighted by atomic mass is 19.4. The van der Waals surface area contributed by atoms with E-state index in [1.54, 1.807) is 30.6 Å². The van der Waals surface area contributed by atoms with E-state index in [2.05, 4.69) is 30.0 Å². The zero-order valence-electron chi connectivity index (χ0n) is 20.6. The quantitative estimate of drug-likeness (QED) is 0.540. The predicted molar refractivity (Wildman–Crippen MR) is 135 cm³/mol. The monoisotopic (exact) mass is 510 g/mol. The third kappa shape index (κ3) is 6.08. The van der Waals surface area contributed by atoms with Gasteiger partial charge in [-0.15, -0.1) is 0 Å². The van der Waals surface area contributed by atoms with Crippen LogP contribution in [0.25, 0.3) is 0 Å². The summed E-state index contributed by atoms with van der Waals surface area (Å²) in [5, 5.41) is 2.71. The largest absolute Gasteiger partial charge is 0.416 e. The number of likely N-dealkylation sites (N-methyl/N-ethyl adjacent to an activating group) is 1. The van der Waals surface area contributed by atoms with Crippen LogP contribution >= 0.6 is 0 Å². The van der Waals surface area contributed by atoms with Crippen LogP contribution in [0.1, 0.15) is 32.6 Å². The Balaban J connectivity index is 1.34. The number of carbonyl (C=O) groups excluding carboxylic acids is 1. The van der Waals surface area contributed by atoms with Crippen LogP contribution in [0.5, 0.6) is 0 Å². The Bertz CT molecular complexity index is 1260. The number of alkyl halides is 3. The summed E-state index contributed by atoms with van der Waals surface area (Å²) >= 11 is 0. The molecule has 0 unspecified atom stereocenters. The number of halogens is 3. The maximum absolute atomic E-state index is 13.7. The zero-order chi connectivity index (χ0) is 26.0. The Morgan fingerprint density at radius 2 is 1.70 bits per heavy atom. The summed E-state index contributed by atoms with van der Waals surface area (Å²) in [5.41, 5.74) is 3.33. The molecule has 1 saturated heterocycles. The van der Waals surface area contributed by atoms with Crippen molar-refractivity contribution in [2.75, 3.05) is 50.0 Å². The molecule has 2 aromatic carbocycles. The van der Waals surface area contributed by atoms with Crippen molar-refractivity contribution in [1.29, 1.82) is 0 Å². The van der Waals surface area contributed by atoms with Gasteiger partial charge >= 0.3 is 6.18 Å². The molecule has 10 heteroatoms. The molecule has 0 bridgehead atoms. The molecule has 1 N–H and O–H groups in total. The van der Waals surface area contributed by atoms with Crippen molar-refractivity contribution in [1.82, 2.24) is 19.8 Å². The van der Waals surface area contributed by atoms with Crippen LogP contribution in [0, 0.1) is 0 Å². The maximum Gasteiger partial charge on any atom is 0.416 e. The van der Waals surface area contributed by atoms with Crippen LogP contribution in [0.4, 0.5) is 24.5 Å². The molecule has 1 amide bonds. The molecule has 0 aliphatic carbocycles. The van der Waals surface area contributed by atoms with Gasteiger partial charge in [-0.2, -0.15) is 13.2 Å². The van der Waals surface area contributed by atoms with Gasteiger partial charge in [-0.05, 0) is 54.9 Å². The number of fused-ring (bicyclic) bond motifs is 1. The molecule has 0 saturated carbocycles. The standard InChI is InChI=1S/C27H29F3N6O/c1-34-6-8-35(9-7-34)16-19-10-23(27(28,29)30)13-24(11-19)33-26(37)22-3-2-21-4-5-36(25(21)12-22)17-20-14-31-18-32-15-20/h2-3,10-15,18H,4-9,16-17H2,1H3,(H,33,37). The van der Waals surface area contributed by atoms with Gasteiger partial charge in [0.25, 0.3) is 5.91 Å². The number of carbonyl (C=O) groups is 1. The number of amides is 1. The summed E-state index contributed by atoms with van der Waals surface area (Å²) in [6.45, 7) is 5.13. The van der Waals surface area contributed by atoms with Crippen LogP contribution in [-0.2, 0) is 25.7 Å². The first kappa shape index (κ1) is 25.2. The molecule has 0 radical (unpaired) electrons. The van der Waals surface area contributed by atoms with E-state index in [-0.39, 0.29) is 5.69 Å². The molecule has 1 fully saturated rings. The summed E-state index contributed by atoms with van der Waals surface area (Å²) in [6.07, 6.45) is 1.35. The van der Waals surface area contributed by atoms with E-state index < -0.39 is 17.6 Å². The number of nitrogens with one attached hydrogen (secondary N) is 1. The van der Waals surface area contributed by atoms with Crippen molar-refractivity contribution in [2.45, 2.75) is 25.7 Å². The van der Waals surface area contributed by atoms with Crippen molar-refractivity contribution in [3.63, 3.8) is 0 Å². The minimum Gasteiger partial charge on any atom is -0.367 e. The lowest BCUT2D eigenvalue weighted by molar-refractivity contribution is -0.137. The van der Waals surface area contributed by atoms with E-state index in [4.69, 9.17) is 0 Å².